The Morgan fingerprint density at radius 1 is 0.938 bits per heavy atom. The third-order valence-corrected chi connectivity index (χ3v) is 4.36. The summed E-state index contributed by atoms with van der Waals surface area (Å²) in [6, 6.07) is 14.1. The van der Waals surface area contributed by atoms with Gasteiger partial charge in [-0.1, -0.05) is 42.0 Å². The third-order valence-electron chi connectivity index (χ3n) is 2.54. The lowest BCUT2D eigenvalue weighted by molar-refractivity contribution is 1.80. The fourth-order valence-electron chi connectivity index (χ4n) is 1.78. The van der Waals surface area contributed by atoms with E-state index < -0.39 is 0 Å². The minimum atomic E-state index is 0.737. The van der Waals surface area contributed by atoms with Crippen molar-refractivity contribution < 1.29 is 0 Å². The molecule has 0 aliphatic rings. The Morgan fingerprint density at radius 3 is 2.56 bits per heavy atom. The number of benzene rings is 2. The lowest BCUT2D eigenvalue weighted by Gasteiger charge is -2.02. The summed E-state index contributed by atoms with van der Waals surface area (Å²) in [5.41, 5.74) is 0. The van der Waals surface area contributed by atoms with Crippen molar-refractivity contribution in [3.8, 4) is 0 Å². The molecule has 1 aromatic heterocycles. The molecule has 0 aliphatic heterocycles. The maximum absolute atomic E-state index is 6.00. The van der Waals surface area contributed by atoms with Crippen LogP contribution in [-0.4, -0.2) is 0 Å². The molecule has 3 aromatic rings. The fraction of sp³-hybridized carbons (Fsp3) is 0. The van der Waals surface area contributed by atoms with Gasteiger partial charge in [-0.15, -0.1) is 11.3 Å². The molecule has 0 fully saturated rings. The molecule has 2 aromatic carbocycles. The molecule has 0 radical (unpaired) electrons. The maximum Gasteiger partial charge on any atom is 0.0550 e. The van der Waals surface area contributed by atoms with Gasteiger partial charge in [0.1, 0.15) is 0 Å². The van der Waals surface area contributed by atoms with Crippen LogP contribution in [0.25, 0.3) is 20.2 Å². The minimum Gasteiger partial charge on any atom is -0.135 e. The molecule has 3 heteroatoms. The quantitative estimate of drug-likeness (QED) is 0.384. The summed E-state index contributed by atoms with van der Waals surface area (Å²) in [6.07, 6.45) is 0. The highest BCUT2D eigenvalue weighted by atomic mass is 35.5. The lowest BCUT2D eigenvalue weighted by Crippen LogP contribution is -1.75. The van der Waals surface area contributed by atoms with Crippen LogP contribution in [0.1, 0.15) is 0 Å². The van der Waals surface area contributed by atoms with Crippen LogP contribution >= 0.6 is 35.2 Å². The van der Waals surface area contributed by atoms with E-state index >= 15 is 0 Å². The number of fused-ring (bicyclic) bond motifs is 2. The highest BCUT2D eigenvalue weighted by Gasteiger charge is 2.02. The van der Waals surface area contributed by atoms with Crippen LogP contribution in [0.15, 0.2) is 42.5 Å². The van der Waals surface area contributed by atoms with E-state index in [2.05, 4.69) is 12.1 Å². The van der Waals surface area contributed by atoms with Gasteiger partial charge in [0.05, 0.1) is 4.51 Å². The third kappa shape index (κ3) is 1.54. The molecule has 0 amide bonds. The van der Waals surface area contributed by atoms with E-state index in [9.17, 15) is 0 Å². The van der Waals surface area contributed by atoms with E-state index in [0.717, 1.165) is 20.3 Å². The maximum atomic E-state index is 6.00. The van der Waals surface area contributed by atoms with E-state index in [1.165, 1.54) is 9.40 Å². The molecule has 0 bridgehead atoms. The number of hydrogen-bond acceptors (Lipinski definition) is 2. The van der Waals surface area contributed by atoms with E-state index in [4.69, 9.17) is 23.8 Å². The second kappa shape index (κ2) is 3.81. The zero-order valence-corrected chi connectivity index (χ0v) is 10.6. The Bertz CT molecular complexity index is 744. The smallest absolute Gasteiger partial charge is 0.0550 e. The first-order valence-corrected chi connectivity index (χ1v) is 6.47. The van der Waals surface area contributed by atoms with Crippen molar-refractivity contribution in [2.75, 3.05) is 0 Å². The first-order valence-electron chi connectivity index (χ1n) is 4.87. The van der Waals surface area contributed by atoms with Crippen LogP contribution in [0.5, 0.6) is 0 Å². The molecule has 0 aliphatic carbocycles. The SMILES string of the molecule is S=c1c2ccccc2sc2ccc(Cl)cc12. The average molecular weight is 263 g/mol. The summed E-state index contributed by atoms with van der Waals surface area (Å²) in [5, 5.41) is 2.95. The molecule has 0 spiro atoms. The van der Waals surface area contributed by atoms with Gasteiger partial charge in [-0.2, -0.15) is 0 Å². The topological polar surface area (TPSA) is 0 Å². The monoisotopic (exact) mass is 262 g/mol. The molecule has 1 heterocycles. The number of halogens is 1. The highest BCUT2D eigenvalue weighted by molar-refractivity contribution is 7.72. The Morgan fingerprint density at radius 2 is 1.69 bits per heavy atom. The Kier molecular flexibility index (Phi) is 2.43. The summed E-state index contributed by atoms with van der Waals surface area (Å²) in [6.45, 7) is 0. The van der Waals surface area contributed by atoms with Crippen molar-refractivity contribution in [2.24, 2.45) is 0 Å². The van der Waals surface area contributed by atoms with Crippen LogP contribution in [0.3, 0.4) is 0 Å². The van der Waals surface area contributed by atoms with Gasteiger partial charge in [0.2, 0.25) is 0 Å². The second-order valence-corrected chi connectivity index (χ2v) is 5.50. The summed E-state index contributed by atoms with van der Waals surface area (Å²) in [7, 11) is 0. The standard InChI is InChI=1S/C13H7ClS2/c14-8-5-6-12-10(7-8)13(15)9-3-1-2-4-11(9)16-12/h1-7H. The van der Waals surface area contributed by atoms with Gasteiger partial charge in [-0.05, 0) is 24.3 Å². The zero-order chi connectivity index (χ0) is 11.1. The van der Waals surface area contributed by atoms with Gasteiger partial charge in [0.15, 0.2) is 0 Å². The normalized spacial score (nSPS) is 11.1. The first kappa shape index (κ1) is 10.2. The van der Waals surface area contributed by atoms with Gasteiger partial charge >= 0.3 is 0 Å². The van der Waals surface area contributed by atoms with E-state index in [1.807, 2.05) is 30.3 Å². The molecule has 0 nitrogen and oxygen atoms in total. The predicted octanol–water partition coefficient (Wildman–Crippen LogP) is 5.44. The van der Waals surface area contributed by atoms with Gasteiger partial charge < -0.3 is 0 Å². The average Bonchev–Trinajstić information content (AvgIpc) is 2.31. The summed E-state index contributed by atoms with van der Waals surface area (Å²) in [5.74, 6) is 0. The van der Waals surface area contributed by atoms with Crippen LogP contribution in [0, 0.1) is 4.51 Å². The van der Waals surface area contributed by atoms with Crippen molar-refractivity contribution in [3.05, 3.63) is 52.0 Å². The van der Waals surface area contributed by atoms with Crippen LogP contribution in [0.4, 0.5) is 0 Å². The van der Waals surface area contributed by atoms with Crippen molar-refractivity contribution in [1.29, 1.82) is 0 Å². The summed E-state index contributed by atoms with van der Waals surface area (Å²) >= 11 is 13.3. The second-order valence-electron chi connectivity index (χ2n) is 3.57. The van der Waals surface area contributed by atoms with Crippen LogP contribution in [-0.2, 0) is 0 Å². The largest absolute Gasteiger partial charge is 0.135 e. The van der Waals surface area contributed by atoms with Crippen molar-refractivity contribution >= 4 is 55.3 Å². The molecular formula is C13H7ClS2. The van der Waals surface area contributed by atoms with Crippen molar-refractivity contribution in [3.63, 3.8) is 0 Å². The molecular weight excluding hydrogens is 256 g/mol. The highest BCUT2D eigenvalue weighted by Crippen LogP contribution is 2.31. The summed E-state index contributed by atoms with van der Waals surface area (Å²) < 4.78 is 3.31. The zero-order valence-electron chi connectivity index (χ0n) is 8.24. The van der Waals surface area contributed by atoms with Crippen molar-refractivity contribution in [1.82, 2.24) is 0 Å². The van der Waals surface area contributed by atoms with Crippen LogP contribution in [0.2, 0.25) is 5.02 Å². The van der Waals surface area contributed by atoms with Gasteiger partial charge in [-0.25, -0.2) is 0 Å². The minimum absolute atomic E-state index is 0.737. The van der Waals surface area contributed by atoms with Gasteiger partial charge in [-0.3, -0.25) is 0 Å². The Balaban J connectivity index is 2.61. The molecule has 0 unspecified atom stereocenters. The summed E-state index contributed by atoms with van der Waals surface area (Å²) in [4.78, 5) is 0. The lowest BCUT2D eigenvalue weighted by atomic mass is 10.2. The van der Waals surface area contributed by atoms with Crippen LogP contribution < -0.4 is 0 Å². The Hall–Kier alpha value is -0.960. The molecule has 0 N–H and O–H groups in total. The first-order chi connectivity index (χ1) is 7.75. The number of hydrogen-bond donors (Lipinski definition) is 0. The molecule has 78 valence electrons. The van der Waals surface area contributed by atoms with Gasteiger partial charge in [0.25, 0.3) is 0 Å². The van der Waals surface area contributed by atoms with E-state index in [-0.39, 0.29) is 0 Å². The molecule has 0 atom stereocenters. The Labute approximate surface area is 107 Å². The number of rotatable bonds is 0. The predicted molar refractivity (Wildman–Crippen MR) is 75.2 cm³/mol. The molecule has 3 rings (SSSR count). The molecule has 0 saturated heterocycles. The van der Waals surface area contributed by atoms with Crippen molar-refractivity contribution in [2.45, 2.75) is 0 Å². The fourth-order valence-corrected chi connectivity index (χ4v) is 3.49. The van der Waals surface area contributed by atoms with E-state index in [0.29, 0.717) is 0 Å². The van der Waals surface area contributed by atoms with Gasteiger partial charge in [0, 0.05) is 25.2 Å². The molecule has 16 heavy (non-hydrogen) atoms. The van der Waals surface area contributed by atoms with E-state index in [1.54, 1.807) is 11.3 Å². The molecule has 0 saturated carbocycles.